The Morgan fingerprint density at radius 1 is 0.816 bits per heavy atom. The number of rotatable bonds is 10. The maximum Gasteiger partial charge on any atom is 0.384 e. The van der Waals surface area contributed by atoms with Crippen LogP contribution in [0.5, 0.6) is 0 Å². The average molecular weight is 542 g/mol. The first kappa shape index (κ1) is 40.9. The molecule has 0 rings (SSSR count). The largest absolute Gasteiger partial charge is 0.480 e. The van der Waals surface area contributed by atoms with Crippen LogP contribution in [0.3, 0.4) is 0 Å². The number of carboxylic acid groups (broad SMARTS) is 2. The van der Waals surface area contributed by atoms with E-state index < -0.39 is 52.9 Å². The van der Waals surface area contributed by atoms with Crippen LogP contribution in [0.2, 0.25) is 0 Å². The first-order valence-electron chi connectivity index (χ1n) is 10.7. The van der Waals surface area contributed by atoms with Gasteiger partial charge in [-0.2, -0.15) is 0 Å². The van der Waals surface area contributed by atoms with Crippen LogP contribution in [0.25, 0.3) is 9.69 Å². The number of nitrogens with two attached hydrogens (primary N) is 2. The van der Waals surface area contributed by atoms with Crippen LogP contribution in [0, 0.1) is 13.1 Å². The zero-order valence-corrected chi connectivity index (χ0v) is 22.7. The maximum absolute atomic E-state index is 11.4. The molecule has 0 fully saturated rings. The average Bonchev–Trinajstić information content (AvgIpc) is 2.75. The predicted octanol–water partition coefficient (Wildman–Crippen LogP) is 0.781. The van der Waals surface area contributed by atoms with Gasteiger partial charge in [0.2, 0.25) is 0 Å². The number of hydrogen-bond acceptors (Lipinski definition) is 9. The predicted molar refractivity (Wildman–Crippen MR) is 139 cm³/mol. The molecule has 0 heterocycles. The molecule has 0 bridgehead atoms. The zero-order valence-electron chi connectivity index (χ0n) is 22.7. The molecule has 0 saturated carbocycles. The first-order valence-corrected chi connectivity index (χ1v) is 10.7. The number of carbonyl (C=O) groups excluding carboxylic acids is 3. The van der Waals surface area contributed by atoms with Crippen molar-refractivity contribution in [2.45, 2.75) is 58.2 Å². The van der Waals surface area contributed by atoms with Crippen LogP contribution < -0.4 is 16.8 Å². The highest BCUT2D eigenvalue weighted by Crippen LogP contribution is 2.05. The number of ether oxygens (including phenoxy) is 2. The molecule has 0 aromatic rings. The van der Waals surface area contributed by atoms with Gasteiger partial charge in [0.1, 0.15) is 29.8 Å². The molecule has 0 aliphatic carbocycles. The van der Waals surface area contributed by atoms with E-state index in [1.165, 1.54) is 39.8 Å². The maximum atomic E-state index is 11.4. The zero-order chi connectivity index (χ0) is 31.2. The number of esters is 2. The Balaban J connectivity index is -0.000000218. The van der Waals surface area contributed by atoms with Crippen LogP contribution in [0.15, 0.2) is 25.3 Å². The van der Waals surface area contributed by atoms with E-state index in [0.717, 1.165) is 0 Å². The van der Waals surface area contributed by atoms with Gasteiger partial charge in [0.15, 0.2) is 0 Å². The van der Waals surface area contributed by atoms with E-state index in [0.29, 0.717) is 0 Å². The van der Waals surface area contributed by atoms with Gasteiger partial charge in [0.05, 0.1) is 0 Å². The molecule has 0 aromatic carbocycles. The van der Waals surface area contributed by atoms with Gasteiger partial charge < -0.3 is 46.2 Å². The molecular weight excluding hydrogens is 502 g/mol. The smallest absolute Gasteiger partial charge is 0.384 e. The van der Waals surface area contributed by atoms with Crippen LogP contribution in [0.1, 0.15) is 41.5 Å². The fourth-order valence-electron chi connectivity index (χ4n) is 1.21. The minimum Gasteiger partial charge on any atom is -0.480 e. The number of hydrogen-bond donors (Lipinski definition) is 5. The number of aliphatic carboxylic acids is 2. The van der Waals surface area contributed by atoms with Crippen molar-refractivity contribution in [1.29, 1.82) is 0 Å². The summed E-state index contributed by atoms with van der Waals surface area (Å²) in [4.78, 5) is 58.1. The molecule has 0 unspecified atom stereocenters. The minimum atomic E-state index is -1.12. The second-order valence-electron chi connectivity index (χ2n) is 8.72. The van der Waals surface area contributed by atoms with Crippen LogP contribution in [-0.2, 0) is 33.4 Å². The van der Waals surface area contributed by atoms with Crippen molar-refractivity contribution in [2.75, 3.05) is 26.3 Å². The quantitative estimate of drug-likeness (QED) is 0.148. The first-order chi connectivity index (χ1) is 17.1. The summed E-state index contributed by atoms with van der Waals surface area (Å²) in [6.45, 7) is 28.0. The Kier molecular flexibility index (Phi) is 22.5. The SMILES string of the molecule is C=CCOC(=O)C(C)(C)N.CC(C)(N)C(=O)O.[C-]#[N+]CC(=O)NC(C)(C)C(=O)OCC=C.[C-]#[N+]CC(=O)O. The lowest BCUT2D eigenvalue weighted by Crippen LogP contribution is -2.51. The topological polar surface area (TPSA) is 217 Å². The van der Waals surface area contributed by atoms with Gasteiger partial charge in [-0.3, -0.25) is 14.4 Å². The van der Waals surface area contributed by atoms with Gasteiger partial charge in [0.25, 0.3) is 6.54 Å². The summed E-state index contributed by atoms with van der Waals surface area (Å²) in [6, 6.07) is 0. The molecule has 0 aliphatic heterocycles. The van der Waals surface area contributed by atoms with Gasteiger partial charge in [-0.15, -0.1) is 0 Å². The Bertz CT molecular complexity index is 887. The fourth-order valence-corrected chi connectivity index (χ4v) is 1.21. The lowest BCUT2D eigenvalue weighted by Gasteiger charge is -2.22. The molecule has 0 aromatic heterocycles. The molecular formula is C24H39N5O9. The molecule has 38 heavy (non-hydrogen) atoms. The summed E-state index contributed by atoms with van der Waals surface area (Å²) in [7, 11) is 0. The summed E-state index contributed by atoms with van der Waals surface area (Å²) >= 11 is 0. The number of carboxylic acids is 2. The van der Waals surface area contributed by atoms with Gasteiger partial charge in [0, 0.05) is 0 Å². The van der Waals surface area contributed by atoms with E-state index in [4.69, 9.17) is 39.6 Å². The monoisotopic (exact) mass is 541 g/mol. The third kappa shape index (κ3) is 28.0. The van der Waals surface area contributed by atoms with Gasteiger partial charge in [-0.25, -0.2) is 22.7 Å². The molecule has 0 aliphatic rings. The molecule has 0 atom stereocenters. The molecule has 214 valence electrons. The van der Waals surface area contributed by atoms with E-state index in [1.807, 2.05) is 0 Å². The van der Waals surface area contributed by atoms with E-state index in [2.05, 4.69) is 32.9 Å². The van der Waals surface area contributed by atoms with Crippen LogP contribution >= 0.6 is 0 Å². The van der Waals surface area contributed by atoms with Crippen molar-refractivity contribution in [3.63, 3.8) is 0 Å². The molecule has 0 radical (unpaired) electrons. The fraction of sp³-hybridized carbons (Fsp3) is 0.542. The highest BCUT2D eigenvalue weighted by atomic mass is 16.5. The van der Waals surface area contributed by atoms with Crippen molar-refractivity contribution >= 4 is 29.8 Å². The van der Waals surface area contributed by atoms with E-state index in [9.17, 15) is 24.0 Å². The number of amides is 1. The Hall–Kier alpha value is -4.27. The van der Waals surface area contributed by atoms with Crippen molar-refractivity contribution in [3.8, 4) is 0 Å². The van der Waals surface area contributed by atoms with E-state index in [-0.39, 0.29) is 19.8 Å². The highest BCUT2D eigenvalue weighted by Gasteiger charge is 2.31. The third-order valence-electron chi connectivity index (χ3n) is 3.14. The summed E-state index contributed by atoms with van der Waals surface area (Å²) in [6.07, 6.45) is 2.94. The summed E-state index contributed by atoms with van der Waals surface area (Å²) in [5.74, 6) is -3.50. The lowest BCUT2D eigenvalue weighted by molar-refractivity contribution is -0.150. The Labute approximate surface area is 223 Å². The molecule has 14 nitrogen and oxygen atoms in total. The van der Waals surface area contributed by atoms with Crippen LogP contribution in [-0.4, -0.2) is 82.9 Å². The van der Waals surface area contributed by atoms with Gasteiger partial charge in [-0.1, -0.05) is 25.3 Å². The third-order valence-corrected chi connectivity index (χ3v) is 3.14. The van der Waals surface area contributed by atoms with Crippen molar-refractivity contribution in [1.82, 2.24) is 5.32 Å². The molecule has 1 amide bonds. The molecule has 0 spiro atoms. The summed E-state index contributed by atoms with van der Waals surface area (Å²) in [5.41, 5.74) is 7.39. The van der Waals surface area contributed by atoms with Crippen LogP contribution in [0.4, 0.5) is 0 Å². The van der Waals surface area contributed by atoms with Gasteiger partial charge >= 0.3 is 36.3 Å². The molecule has 14 heteroatoms. The normalized spacial score (nSPS) is 9.84. The van der Waals surface area contributed by atoms with Crippen molar-refractivity contribution in [3.05, 3.63) is 48.1 Å². The summed E-state index contributed by atoms with van der Waals surface area (Å²) < 4.78 is 9.46. The minimum absolute atomic E-state index is 0.0982. The number of nitrogens with one attached hydrogen (secondary N) is 1. The Morgan fingerprint density at radius 3 is 1.42 bits per heavy atom. The van der Waals surface area contributed by atoms with Crippen molar-refractivity contribution < 1.29 is 43.7 Å². The van der Waals surface area contributed by atoms with E-state index >= 15 is 0 Å². The van der Waals surface area contributed by atoms with E-state index in [1.54, 1.807) is 13.8 Å². The molecule has 7 N–H and O–H groups in total. The van der Waals surface area contributed by atoms with Gasteiger partial charge in [-0.05, 0) is 41.5 Å². The summed E-state index contributed by atoms with van der Waals surface area (Å²) in [5, 5.41) is 18.2. The second kappa shape index (κ2) is 20.9. The number of carbonyl (C=O) groups is 5. The Morgan fingerprint density at radius 2 is 1.18 bits per heavy atom. The number of nitrogens with zero attached hydrogens (tertiary/aromatic N) is 2. The highest BCUT2D eigenvalue weighted by molar-refractivity contribution is 5.88. The van der Waals surface area contributed by atoms with Crippen molar-refractivity contribution in [2.24, 2.45) is 11.5 Å². The second-order valence-corrected chi connectivity index (χ2v) is 8.72. The lowest BCUT2D eigenvalue weighted by atomic mass is 10.1. The molecule has 0 saturated heterocycles. The standard InChI is InChI=1S/C10H14N2O3.C7H13NO2.C4H9NO2.C3H3NO2/c1-5-6-15-9(14)10(2,3)12-8(13)7-11-4;1-4-5-10-6(9)7(2,3)8;1-4(2,5)3(6)7;1-4-2-3(5)6/h5H,1,6-7H2,2-3H3,(H,12,13);4H,1,5,8H2,2-3H3;5H2,1-2H3,(H,6,7);2H2,(H,5,6).